The molecule has 1 heterocycles. The number of hydrogen-bond donors (Lipinski definition) is 1. The summed E-state index contributed by atoms with van der Waals surface area (Å²) >= 11 is 5.99. The second-order valence-corrected chi connectivity index (χ2v) is 7.44. The van der Waals surface area contributed by atoms with Gasteiger partial charge in [-0.2, -0.15) is 0 Å². The zero-order valence-electron chi connectivity index (χ0n) is 16.9. The number of amides is 2. The van der Waals surface area contributed by atoms with Crippen LogP contribution in [0.25, 0.3) is 0 Å². The van der Waals surface area contributed by atoms with Crippen molar-refractivity contribution < 1.29 is 14.0 Å². The van der Waals surface area contributed by atoms with E-state index < -0.39 is 6.04 Å². The Morgan fingerprint density at radius 1 is 1.00 bits per heavy atom. The minimum Gasteiger partial charge on any atom is -0.467 e. The standard InChI is InChI=1S/C24H25ClN2O3/c1-2-23(28)27(17-19-10-12-20(25)13-11-19)22(15-18-7-4-3-5-8-18)24(29)26-16-21-9-6-14-30-21/h3-14,22H,2,15-17H2,1H3,(H,26,29)/t22-/m1/s1. The third-order valence-corrected chi connectivity index (χ3v) is 5.11. The first-order valence-electron chi connectivity index (χ1n) is 9.94. The first-order chi connectivity index (χ1) is 14.6. The lowest BCUT2D eigenvalue weighted by molar-refractivity contribution is -0.141. The number of carbonyl (C=O) groups excluding carboxylic acids is 2. The van der Waals surface area contributed by atoms with Gasteiger partial charge in [0.25, 0.3) is 0 Å². The molecule has 5 nitrogen and oxygen atoms in total. The largest absolute Gasteiger partial charge is 0.467 e. The molecule has 1 atom stereocenters. The van der Waals surface area contributed by atoms with Crippen LogP contribution in [0.4, 0.5) is 0 Å². The molecule has 0 fully saturated rings. The lowest BCUT2D eigenvalue weighted by atomic mass is 10.0. The van der Waals surface area contributed by atoms with Crippen LogP contribution in [0.15, 0.2) is 77.4 Å². The Morgan fingerprint density at radius 2 is 1.73 bits per heavy atom. The Labute approximate surface area is 181 Å². The molecule has 0 saturated heterocycles. The summed E-state index contributed by atoms with van der Waals surface area (Å²) < 4.78 is 5.31. The van der Waals surface area contributed by atoms with Gasteiger partial charge in [-0.05, 0) is 35.4 Å². The van der Waals surface area contributed by atoms with E-state index in [0.29, 0.717) is 30.2 Å². The van der Waals surface area contributed by atoms with Crippen LogP contribution < -0.4 is 5.32 Å². The summed E-state index contributed by atoms with van der Waals surface area (Å²) in [5.74, 6) is 0.359. The highest BCUT2D eigenvalue weighted by Gasteiger charge is 2.29. The molecule has 30 heavy (non-hydrogen) atoms. The summed E-state index contributed by atoms with van der Waals surface area (Å²) in [7, 11) is 0. The van der Waals surface area contributed by atoms with E-state index in [2.05, 4.69) is 5.32 Å². The maximum Gasteiger partial charge on any atom is 0.243 e. The van der Waals surface area contributed by atoms with E-state index in [4.69, 9.17) is 16.0 Å². The smallest absolute Gasteiger partial charge is 0.243 e. The maximum absolute atomic E-state index is 13.2. The second-order valence-electron chi connectivity index (χ2n) is 7.00. The normalized spacial score (nSPS) is 11.7. The quantitative estimate of drug-likeness (QED) is 0.546. The molecule has 0 radical (unpaired) electrons. The van der Waals surface area contributed by atoms with Crippen molar-refractivity contribution in [3.63, 3.8) is 0 Å². The number of halogens is 1. The predicted molar refractivity (Wildman–Crippen MR) is 117 cm³/mol. The van der Waals surface area contributed by atoms with Crippen LogP contribution in [0.3, 0.4) is 0 Å². The number of carbonyl (C=O) groups is 2. The Kier molecular flexibility index (Phi) is 7.69. The van der Waals surface area contributed by atoms with Crippen molar-refractivity contribution in [1.29, 1.82) is 0 Å². The van der Waals surface area contributed by atoms with Gasteiger partial charge in [0, 0.05) is 24.4 Å². The van der Waals surface area contributed by atoms with Gasteiger partial charge < -0.3 is 14.6 Å². The van der Waals surface area contributed by atoms with Gasteiger partial charge in [-0.3, -0.25) is 9.59 Å². The number of nitrogens with one attached hydrogen (secondary N) is 1. The first-order valence-corrected chi connectivity index (χ1v) is 10.3. The van der Waals surface area contributed by atoms with E-state index in [1.165, 1.54) is 0 Å². The molecule has 0 aliphatic heterocycles. The molecule has 0 aliphatic carbocycles. The average molecular weight is 425 g/mol. The molecular weight excluding hydrogens is 400 g/mol. The van der Waals surface area contributed by atoms with E-state index in [-0.39, 0.29) is 18.4 Å². The number of rotatable bonds is 9. The van der Waals surface area contributed by atoms with Gasteiger partial charge in [0.05, 0.1) is 12.8 Å². The molecule has 0 bridgehead atoms. The highest BCUT2D eigenvalue weighted by Crippen LogP contribution is 2.17. The Morgan fingerprint density at radius 3 is 2.37 bits per heavy atom. The summed E-state index contributed by atoms with van der Waals surface area (Å²) in [4.78, 5) is 27.7. The number of nitrogens with zero attached hydrogens (tertiary/aromatic N) is 1. The highest BCUT2D eigenvalue weighted by molar-refractivity contribution is 6.30. The molecular formula is C24H25ClN2O3. The van der Waals surface area contributed by atoms with Crippen LogP contribution in [0, 0.1) is 0 Å². The minimum absolute atomic E-state index is 0.0842. The molecule has 0 saturated carbocycles. The van der Waals surface area contributed by atoms with E-state index in [9.17, 15) is 9.59 Å². The number of hydrogen-bond acceptors (Lipinski definition) is 3. The fourth-order valence-corrected chi connectivity index (χ4v) is 3.37. The van der Waals surface area contributed by atoms with Crippen molar-refractivity contribution in [2.24, 2.45) is 0 Å². The van der Waals surface area contributed by atoms with Gasteiger partial charge >= 0.3 is 0 Å². The van der Waals surface area contributed by atoms with Crippen LogP contribution in [0.1, 0.15) is 30.2 Å². The monoisotopic (exact) mass is 424 g/mol. The molecule has 2 amide bonds. The summed E-state index contributed by atoms with van der Waals surface area (Å²) in [6.45, 7) is 2.40. The molecule has 3 rings (SSSR count). The van der Waals surface area contributed by atoms with Crippen LogP contribution in [-0.4, -0.2) is 22.8 Å². The van der Waals surface area contributed by atoms with Crippen LogP contribution in [0.5, 0.6) is 0 Å². The second kappa shape index (κ2) is 10.6. The lowest BCUT2D eigenvalue weighted by Crippen LogP contribution is -2.50. The lowest BCUT2D eigenvalue weighted by Gasteiger charge is -2.31. The van der Waals surface area contributed by atoms with Crippen molar-refractivity contribution >= 4 is 23.4 Å². The molecule has 1 aromatic heterocycles. The summed E-state index contributed by atoms with van der Waals surface area (Å²) in [6.07, 6.45) is 2.30. The van der Waals surface area contributed by atoms with Gasteiger partial charge in [0.2, 0.25) is 11.8 Å². The fraction of sp³-hybridized carbons (Fsp3) is 0.250. The third kappa shape index (κ3) is 5.97. The topological polar surface area (TPSA) is 62.6 Å². The zero-order chi connectivity index (χ0) is 21.3. The van der Waals surface area contributed by atoms with Gasteiger partial charge in [-0.15, -0.1) is 0 Å². The van der Waals surface area contributed by atoms with Crippen molar-refractivity contribution in [2.75, 3.05) is 0 Å². The SMILES string of the molecule is CCC(=O)N(Cc1ccc(Cl)cc1)[C@H](Cc1ccccc1)C(=O)NCc1ccco1. The van der Waals surface area contributed by atoms with Crippen LogP contribution in [-0.2, 0) is 29.1 Å². The summed E-state index contributed by atoms with van der Waals surface area (Å²) in [5, 5.41) is 3.54. The summed E-state index contributed by atoms with van der Waals surface area (Å²) in [5.41, 5.74) is 1.90. The van der Waals surface area contributed by atoms with Crippen molar-refractivity contribution in [3.05, 3.63) is 94.9 Å². The Hall–Kier alpha value is -3.05. The van der Waals surface area contributed by atoms with Gasteiger partial charge in [-0.25, -0.2) is 0 Å². The molecule has 0 spiro atoms. The van der Waals surface area contributed by atoms with Gasteiger partial charge in [0.1, 0.15) is 11.8 Å². The van der Waals surface area contributed by atoms with Gasteiger partial charge in [0.15, 0.2) is 0 Å². The van der Waals surface area contributed by atoms with Crippen LogP contribution >= 0.6 is 11.6 Å². The molecule has 156 valence electrons. The number of benzene rings is 2. The third-order valence-electron chi connectivity index (χ3n) is 4.86. The van der Waals surface area contributed by atoms with E-state index >= 15 is 0 Å². The Balaban J connectivity index is 1.85. The molecule has 6 heteroatoms. The highest BCUT2D eigenvalue weighted by atomic mass is 35.5. The number of furan rings is 1. The van der Waals surface area contributed by atoms with Crippen molar-refractivity contribution in [2.45, 2.75) is 38.9 Å². The minimum atomic E-state index is -0.648. The molecule has 1 N–H and O–H groups in total. The first kappa shape index (κ1) is 21.7. The van der Waals surface area contributed by atoms with Crippen molar-refractivity contribution in [3.8, 4) is 0 Å². The molecule has 0 unspecified atom stereocenters. The maximum atomic E-state index is 13.2. The average Bonchev–Trinajstić information content (AvgIpc) is 3.29. The van der Waals surface area contributed by atoms with E-state index in [0.717, 1.165) is 11.1 Å². The predicted octanol–water partition coefficient (Wildman–Crippen LogP) is 4.60. The molecule has 2 aromatic carbocycles. The van der Waals surface area contributed by atoms with Crippen molar-refractivity contribution in [1.82, 2.24) is 10.2 Å². The zero-order valence-corrected chi connectivity index (χ0v) is 17.6. The Bertz CT molecular complexity index is 940. The summed E-state index contributed by atoms with van der Waals surface area (Å²) in [6, 6.07) is 20.0. The van der Waals surface area contributed by atoms with E-state index in [1.54, 1.807) is 42.4 Å². The van der Waals surface area contributed by atoms with Crippen LogP contribution in [0.2, 0.25) is 5.02 Å². The molecule has 3 aromatic rings. The van der Waals surface area contributed by atoms with E-state index in [1.807, 2.05) is 42.5 Å². The molecule has 0 aliphatic rings. The fourth-order valence-electron chi connectivity index (χ4n) is 3.25. The van der Waals surface area contributed by atoms with Gasteiger partial charge in [-0.1, -0.05) is 61.0 Å².